The van der Waals surface area contributed by atoms with Crippen molar-refractivity contribution in [2.75, 3.05) is 16.4 Å². The molecule has 0 aromatic heterocycles. The van der Waals surface area contributed by atoms with Gasteiger partial charge in [-0.05, 0) is 49.2 Å². The van der Waals surface area contributed by atoms with Crippen LogP contribution in [0.3, 0.4) is 0 Å². The molecule has 2 aromatic carbocycles. The van der Waals surface area contributed by atoms with E-state index in [9.17, 15) is 9.59 Å². The molecule has 0 aliphatic carbocycles. The van der Waals surface area contributed by atoms with Crippen molar-refractivity contribution in [3.8, 4) is 0 Å². The molecule has 2 amide bonds. The number of hydrogen-bond donors (Lipinski definition) is 3. The van der Waals surface area contributed by atoms with E-state index >= 15 is 0 Å². The van der Waals surface area contributed by atoms with Crippen LogP contribution in [0.15, 0.2) is 36.4 Å². The van der Waals surface area contributed by atoms with Crippen LogP contribution < -0.4 is 16.4 Å². The quantitative estimate of drug-likeness (QED) is 0.587. The second-order valence-electron chi connectivity index (χ2n) is 4.90. The maximum Gasteiger partial charge on any atom is 0.314 e. The zero-order valence-electron chi connectivity index (χ0n) is 12.2. The van der Waals surface area contributed by atoms with E-state index in [-0.39, 0.29) is 5.02 Å². The van der Waals surface area contributed by atoms with E-state index in [4.69, 9.17) is 17.3 Å². The average molecular weight is 318 g/mol. The van der Waals surface area contributed by atoms with Crippen molar-refractivity contribution < 1.29 is 9.59 Å². The molecule has 2 aromatic rings. The minimum Gasteiger partial charge on any atom is -0.399 e. The van der Waals surface area contributed by atoms with Crippen molar-refractivity contribution >= 4 is 40.5 Å². The standard InChI is InChI=1S/C16H16ClN3O2/c1-9-4-3-5-13(10(9)2)19-15(21)16(22)20-14-7-6-11(18)8-12(14)17/h3-8H,18H2,1-2H3,(H,19,21)(H,20,22). The van der Waals surface area contributed by atoms with Crippen LogP contribution >= 0.6 is 11.6 Å². The summed E-state index contributed by atoms with van der Waals surface area (Å²) < 4.78 is 0. The van der Waals surface area contributed by atoms with Gasteiger partial charge in [-0.25, -0.2) is 0 Å². The summed E-state index contributed by atoms with van der Waals surface area (Å²) in [6.07, 6.45) is 0. The van der Waals surface area contributed by atoms with Gasteiger partial charge in [0.15, 0.2) is 0 Å². The molecule has 114 valence electrons. The Bertz CT molecular complexity index is 744. The highest BCUT2D eigenvalue weighted by Crippen LogP contribution is 2.24. The number of amides is 2. The highest BCUT2D eigenvalue weighted by molar-refractivity contribution is 6.45. The summed E-state index contributed by atoms with van der Waals surface area (Å²) in [5.74, 6) is -1.56. The fourth-order valence-corrected chi connectivity index (χ4v) is 2.11. The van der Waals surface area contributed by atoms with E-state index in [0.717, 1.165) is 11.1 Å². The van der Waals surface area contributed by atoms with Crippen molar-refractivity contribution in [2.45, 2.75) is 13.8 Å². The lowest BCUT2D eigenvalue weighted by atomic mass is 10.1. The van der Waals surface area contributed by atoms with E-state index in [1.807, 2.05) is 26.0 Å². The Morgan fingerprint density at radius 1 is 1.00 bits per heavy atom. The zero-order valence-corrected chi connectivity index (χ0v) is 13.0. The van der Waals surface area contributed by atoms with Gasteiger partial charge in [-0.2, -0.15) is 0 Å². The number of nitrogen functional groups attached to an aromatic ring is 1. The van der Waals surface area contributed by atoms with E-state index in [0.29, 0.717) is 17.1 Å². The SMILES string of the molecule is Cc1cccc(NC(=O)C(=O)Nc2ccc(N)cc2Cl)c1C. The highest BCUT2D eigenvalue weighted by atomic mass is 35.5. The van der Waals surface area contributed by atoms with Crippen LogP contribution in [0.1, 0.15) is 11.1 Å². The Labute approximate surface area is 133 Å². The predicted octanol–water partition coefficient (Wildman–Crippen LogP) is 3.12. The van der Waals surface area contributed by atoms with Gasteiger partial charge in [0.05, 0.1) is 10.7 Å². The first-order valence-corrected chi connectivity index (χ1v) is 7.00. The van der Waals surface area contributed by atoms with Gasteiger partial charge in [0.2, 0.25) is 0 Å². The van der Waals surface area contributed by atoms with Crippen molar-refractivity contribution in [2.24, 2.45) is 0 Å². The molecule has 0 spiro atoms. The maximum atomic E-state index is 12.0. The average Bonchev–Trinajstić information content (AvgIpc) is 2.46. The topological polar surface area (TPSA) is 84.2 Å². The molecule has 0 saturated heterocycles. The molecule has 0 radical (unpaired) electrons. The van der Waals surface area contributed by atoms with Crippen molar-refractivity contribution in [1.29, 1.82) is 0 Å². The van der Waals surface area contributed by atoms with Crippen molar-refractivity contribution in [1.82, 2.24) is 0 Å². The summed E-state index contributed by atoms with van der Waals surface area (Å²) in [5, 5.41) is 5.31. The molecule has 2 rings (SSSR count). The second-order valence-corrected chi connectivity index (χ2v) is 5.30. The highest BCUT2D eigenvalue weighted by Gasteiger charge is 2.16. The number of nitrogens with two attached hydrogens (primary N) is 1. The largest absolute Gasteiger partial charge is 0.399 e. The number of carbonyl (C=O) groups is 2. The minimum atomic E-state index is -0.799. The van der Waals surface area contributed by atoms with Crippen LogP contribution in [0.5, 0.6) is 0 Å². The summed E-state index contributed by atoms with van der Waals surface area (Å²) in [6.45, 7) is 3.80. The van der Waals surface area contributed by atoms with Gasteiger partial charge in [0, 0.05) is 11.4 Å². The van der Waals surface area contributed by atoms with E-state index in [2.05, 4.69) is 10.6 Å². The van der Waals surface area contributed by atoms with Gasteiger partial charge in [0.1, 0.15) is 0 Å². The van der Waals surface area contributed by atoms with E-state index in [1.165, 1.54) is 6.07 Å². The van der Waals surface area contributed by atoms with E-state index < -0.39 is 11.8 Å². The molecule has 22 heavy (non-hydrogen) atoms. The molecule has 0 bridgehead atoms. The summed E-state index contributed by atoms with van der Waals surface area (Å²) >= 11 is 5.96. The third kappa shape index (κ3) is 3.56. The van der Waals surface area contributed by atoms with E-state index in [1.54, 1.807) is 18.2 Å². The van der Waals surface area contributed by atoms with Gasteiger partial charge in [-0.15, -0.1) is 0 Å². The van der Waals surface area contributed by atoms with Gasteiger partial charge in [-0.3, -0.25) is 9.59 Å². The summed E-state index contributed by atoms with van der Waals surface area (Å²) in [6, 6.07) is 10.1. The second kappa shape index (κ2) is 6.49. The van der Waals surface area contributed by atoms with Crippen LogP contribution in [-0.2, 0) is 9.59 Å². The third-order valence-corrected chi connectivity index (χ3v) is 3.61. The Balaban J connectivity index is 2.09. The Morgan fingerprint density at radius 3 is 2.27 bits per heavy atom. The number of carbonyl (C=O) groups excluding carboxylic acids is 2. The Kier molecular flexibility index (Phi) is 4.68. The fourth-order valence-electron chi connectivity index (χ4n) is 1.88. The molecule has 0 aliphatic rings. The molecule has 0 saturated carbocycles. The van der Waals surface area contributed by atoms with Crippen LogP contribution in [0.2, 0.25) is 5.02 Å². The third-order valence-electron chi connectivity index (χ3n) is 3.30. The first-order chi connectivity index (χ1) is 10.4. The number of anilines is 3. The molecule has 0 unspecified atom stereocenters. The molecule has 0 aliphatic heterocycles. The number of rotatable bonds is 2. The lowest BCUT2D eigenvalue weighted by Gasteiger charge is -2.11. The summed E-state index contributed by atoms with van der Waals surface area (Å²) in [4.78, 5) is 23.9. The first kappa shape index (κ1) is 15.9. The van der Waals surface area contributed by atoms with Gasteiger partial charge < -0.3 is 16.4 Å². The number of aryl methyl sites for hydroxylation is 1. The lowest BCUT2D eigenvalue weighted by Crippen LogP contribution is -2.29. The number of hydrogen-bond acceptors (Lipinski definition) is 3. The van der Waals surface area contributed by atoms with Crippen LogP contribution in [0.25, 0.3) is 0 Å². The number of halogens is 1. The molecule has 4 N–H and O–H groups in total. The smallest absolute Gasteiger partial charge is 0.314 e. The molecular formula is C16H16ClN3O2. The molecule has 0 atom stereocenters. The normalized spacial score (nSPS) is 10.1. The number of nitrogens with one attached hydrogen (secondary N) is 2. The van der Waals surface area contributed by atoms with Gasteiger partial charge >= 0.3 is 11.8 Å². The monoisotopic (exact) mass is 317 g/mol. The van der Waals surface area contributed by atoms with Crippen LogP contribution in [0.4, 0.5) is 17.1 Å². The molecule has 5 nitrogen and oxygen atoms in total. The molecule has 6 heteroatoms. The van der Waals surface area contributed by atoms with Crippen LogP contribution in [-0.4, -0.2) is 11.8 Å². The minimum absolute atomic E-state index is 0.271. The fraction of sp³-hybridized carbons (Fsp3) is 0.125. The van der Waals surface area contributed by atoms with Crippen LogP contribution in [0, 0.1) is 13.8 Å². The molecule has 0 heterocycles. The lowest BCUT2D eigenvalue weighted by molar-refractivity contribution is -0.133. The number of benzene rings is 2. The first-order valence-electron chi connectivity index (χ1n) is 6.62. The molecular weight excluding hydrogens is 302 g/mol. The summed E-state index contributed by atoms with van der Waals surface area (Å²) in [7, 11) is 0. The maximum absolute atomic E-state index is 12.0. The summed E-state index contributed by atoms with van der Waals surface area (Å²) in [5.41, 5.74) is 8.92. The molecule has 0 fully saturated rings. The Hall–Kier alpha value is -2.53. The van der Waals surface area contributed by atoms with Crippen molar-refractivity contribution in [3.63, 3.8) is 0 Å². The van der Waals surface area contributed by atoms with Gasteiger partial charge in [-0.1, -0.05) is 23.7 Å². The van der Waals surface area contributed by atoms with Crippen molar-refractivity contribution in [3.05, 3.63) is 52.5 Å². The predicted molar refractivity (Wildman–Crippen MR) is 89.0 cm³/mol. The Morgan fingerprint density at radius 2 is 1.64 bits per heavy atom. The zero-order chi connectivity index (χ0) is 16.3. The van der Waals surface area contributed by atoms with Gasteiger partial charge in [0.25, 0.3) is 0 Å².